The van der Waals surface area contributed by atoms with E-state index in [1.165, 1.54) is 12.8 Å². The molecule has 0 fully saturated rings. The van der Waals surface area contributed by atoms with E-state index in [-0.39, 0.29) is 5.91 Å². The van der Waals surface area contributed by atoms with Crippen LogP contribution in [0.3, 0.4) is 0 Å². The molecule has 0 aliphatic carbocycles. The zero-order valence-corrected chi connectivity index (χ0v) is 13.5. The highest BCUT2D eigenvalue weighted by molar-refractivity contribution is 6.01. The molecule has 2 aromatic carbocycles. The second kappa shape index (κ2) is 8.75. The first-order valence-corrected chi connectivity index (χ1v) is 8.14. The van der Waals surface area contributed by atoms with Crippen molar-refractivity contribution in [2.24, 2.45) is 0 Å². The van der Waals surface area contributed by atoms with Crippen molar-refractivity contribution in [3.63, 3.8) is 0 Å². The van der Waals surface area contributed by atoms with Crippen molar-refractivity contribution in [2.75, 3.05) is 6.54 Å². The summed E-state index contributed by atoms with van der Waals surface area (Å²) in [6.45, 7) is 2.86. The summed E-state index contributed by atoms with van der Waals surface area (Å²) >= 11 is 0. The molecular formula is C20H22N2O. The fourth-order valence-electron chi connectivity index (χ4n) is 2.58. The van der Waals surface area contributed by atoms with E-state index in [1.54, 1.807) is 6.07 Å². The molecule has 0 radical (unpaired) electrons. The van der Waals surface area contributed by atoms with Crippen molar-refractivity contribution in [2.45, 2.75) is 32.6 Å². The molecule has 118 valence electrons. The minimum atomic E-state index is -0.0789. The number of rotatable bonds is 7. The topological polar surface area (TPSA) is 52.9 Å². The Balaban J connectivity index is 2.18. The van der Waals surface area contributed by atoms with Gasteiger partial charge in [0.2, 0.25) is 0 Å². The summed E-state index contributed by atoms with van der Waals surface area (Å²) < 4.78 is 0. The molecule has 0 atom stereocenters. The predicted molar refractivity (Wildman–Crippen MR) is 93.1 cm³/mol. The maximum absolute atomic E-state index is 12.5. The minimum absolute atomic E-state index is 0.0789. The SMILES string of the molecule is CCCCCCNC(=O)c1ccccc1-c1ccccc1C#N. The predicted octanol–water partition coefficient (Wildman–Crippen LogP) is 4.54. The van der Waals surface area contributed by atoms with E-state index in [9.17, 15) is 10.1 Å². The van der Waals surface area contributed by atoms with Crippen LogP contribution in [-0.2, 0) is 0 Å². The summed E-state index contributed by atoms with van der Waals surface area (Å²) in [5.41, 5.74) is 2.80. The van der Waals surface area contributed by atoms with Crippen molar-refractivity contribution in [1.82, 2.24) is 5.32 Å². The maximum Gasteiger partial charge on any atom is 0.251 e. The summed E-state index contributed by atoms with van der Waals surface area (Å²) in [6.07, 6.45) is 4.51. The molecular weight excluding hydrogens is 284 g/mol. The van der Waals surface area contributed by atoms with Crippen molar-refractivity contribution in [3.05, 3.63) is 59.7 Å². The Morgan fingerprint density at radius 1 is 1.00 bits per heavy atom. The van der Waals surface area contributed by atoms with Crippen LogP contribution in [0.1, 0.15) is 48.5 Å². The van der Waals surface area contributed by atoms with E-state index < -0.39 is 0 Å². The third-order valence-electron chi connectivity index (χ3n) is 3.83. The summed E-state index contributed by atoms with van der Waals surface area (Å²) in [6, 6.07) is 17.0. The highest BCUT2D eigenvalue weighted by Crippen LogP contribution is 2.26. The van der Waals surface area contributed by atoms with Gasteiger partial charge in [-0.05, 0) is 24.1 Å². The number of benzene rings is 2. The van der Waals surface area contributed by atoms with Crippen LogP contribution in [0.25, 0.3) is 11.1 Å². The molecule has 0 spiro atoms. The first-order chi connectivity index (χ1) is 11.3. The number of nitriles is 1. The number of carbonyl (C=O) groups excluding carboxylic acids is 1. The largest absolute Gasteiger partial charge is 0.352 e. The molecule has 0 aromatic heterocycles. The normalized spacial score (nSPS) is 10.1. The molecule has 0 heterocycles. The van der Waals surface area contributed by atoms with Gasteiger partial charge in [0.1, 0.15) is 0 Å². The van der Waals surface area contributed by atoms with Crippen LogP contribution in [0.4, 0.5) is 0 Å². The van der Waals surface area contributed by atoms with Gasteiger partial charge in [0, 0.05) is 17.7 Å². The summed E-state index contributed by atoms with van der Waals surface area (Å²) in [7, 11) is 0. The fourth-order valence-corrected chi connectivity index (χ4v) is 2.58. The first kappa shape index (κ1) is 16.8. The molecule has 0 saturated carbocycles. The number of nitrogens with one attached hydrogen (secondary N) is 1. The maximum atomic E-state index is 12.5. The Morgan fingerprint density at radius 2 is 1.70 bits per heavy atom. The number of carbonyl (C=O) groups is 1. The number of nitrogens with zero attached hydrogens (tertiary/aromatic N) is 1. The number of hydrogen-bond acceptors (Lipinski definition) is 2. The molecule has 0 unspecified atom stereocenters. The van der Waals surface area contributed by atoms with E-state index in [4.69, 9.17) is 0 Å². The molecule has 0 aliphatic rings. The van der Waals surface area contributed by atoms with Crippen LogP contribution in [0.5, 0.6) is 0 Å². The van der Waals surface area contributed by atoms with Crippen molar-refractivity contribution >= 4 is 5.91 Å². The third kappa shape index (κ3) is 4.43. The summed E-state index contributed by atoms with van der Waals surface area (Å²) in [5.74, 6) is -0.0789. The van der Waals surface area contributed by atoms with Crippen molar-refractivity contribution in [3.8, 4) is 17.2 Å². The smallest absolute Gasteiger partial charge is 0.251 e. The van der Waals surface area contributed by atoms with Gasteiger partial charge in [-0.3, -0.25) is 4.79 Å². The average molecular weight is 306 g/mol. The Morgan fingerprint density at radius 3 is 2.43 bits per heavy atom. The standard InChI is InChI=1S/C20H22N2O/c1-2-3-4-9-14-22-20(23)19-13-8-7-12-18(19)17-11-6-5-10-16(17)15-21/h5-8,10-13H,2-4,9,14H2,1H3,(H,22,23). The quantitative estimate of drug-likeness (QED) is 0.764. The Hall–Kier alpha value is -2.60. The zero-order valence-electron chi connectivity index (χ0n) is 13.5. The second-order valence-electron chi connectivity index (χ2n) is 5.52. The van der Waals surface area contributed by atoms with E-state index in [0.29, 0.717) is 17.7 Å². The zero-order chi connectivity index (χ0) is 16.5. The van der Waals surface area contributed by atoms with E-state index in [0.717, 1.165) is 24.0 Å². The summed E-state index contributed by atoms with van der Waals surface area (Å²) in [4.78, 5) is 12.5. The van der Waals surface area contributed by atoms with E-state index >= 15 is 0 Å². The molecule has 23 heavy (non-hydrogen) atoms. The van der Waals surface area contributed by atoms with Gasteiger partial charge >= 0.3 is 0 Å². The van der Waals surface area contributed by atoms with Crippen LogP contribution in [-0.4, -0.2) is 12.5 Å². The molecule has 2 rings (SSSR count). The molecule has 0 saturated heterocycles. The van der Waals surface area contributed by atoms with Gasteiger partial charge in [-0.1, -0.05) is 62.6 Å². The summed E-state index contributed by atoms with van der Waals surface area (Å²) in [5, 5.41) is 12.3. The first-order valence-electron chi connectivity index (χ1n) is 8.14. The highest BCUT2D eigenvalue weighted by atomic mass is 16.1. The Labute approximate surface area is 138 Å². The van der Waals surface area contributed by atoms with Crippen LogP contribution in [0, 0.1) is 11.3 Å². The molecule has 1 N–H and O–H groups in total. The van der Waals surface area contributed by atoms with Gasteiger partial charge in [0.15, 0.2) is 0 Å². The number of unbranched alkanes of at least 4 members (excludes halogenated alkanes) is 3. The lowest BCUT2D eigenvalue weighted by atomic mass is 9.95. The number of amides is 1. The van der Waals surface area contributed by atoms with Crippen LogP contribution >= 0.6 is 0 Å². The van der Waals surface area contributed by atoms with Gasteiger partial charge in [-0.15, -0.1) is 0 Å². The second-order valence-corrected chi connectivity index (χ2v) is 5.52. The van der Waals surface area contributed by atoms with Crippen molar-refractivity contribution in [1.29, 1.82) is 5.26 Å². The van der Waals surface area contributed by atoms with Crippen LogP contribution < -0.4 is 5.32 Å². The van der Waals surface area contributed by atoms with Crippen LogP contribution in [0.15, 0.2) is 48.5 Å². The molecule has 0 bridgehead atoms. The minimum Gasteiger partial charge on any atom is -0.352 e. The monoisotopic (exact) mass is 306 g/mol. The lowest BCUT2D eigenvalue weighted by molar-refractivity contribution is 0.0953. The van der Waals surface area contributed by atoms with Crippen LogP contribution in [0.2, 0.25) is 0 Å². The van der Waals surface area contributed by atoms with Gasteiger partial charge in [0.25, 0.3) is 5.91 Å². The average Bonchev–Trinajstić information content (AvgIpc) is 2.61. The Kier molecular flexibility index (Phi) is 6.38. The molecule has 3 heteroatoms. The third-order valence-corrected chi connectivity index (χ3v) is 3.83. The van der Waals surface area contributed by atoms with Gasteiger partial charge in [-0.25, -0.2) is 0 Å². The van der Waals surface area contributed by atoms with E-state index in [2.05, 4.69) is 18.3 Å². The van der Waals surface area contributed by atoms with E-state index in [1.807, 2.05) is 42.5 Å². The Bertz CT molecular complexity index is 701. The lowest BCUT2D eigenvalue weighted by Crippen LogP contribution is -2.25. The van der Waals surface area contributed by atoms with Gasteiger partial charge in [-0.2, -0.15) is 5.26 Å². The highest BCUT2D eigenvalue weighted by Gasteiger charge is 2.14. The molecule has 3 nitrogen and oxygen atoms in total. The lowest BCUT2D eigenvalue weighted by Gasteiger charge is -2.11. The fraction of sp³-hybridized carbons (Fsp3) is 0.300. The van der Waals surface area contributed by atoms with Gasteiger partial charge in [0.05, 0.1) is 11.6 Å². The number of hydrogen-bond donors (Lipinski definition) is 1. The molecule has 0 aliphatic heterocycles. The molecule has 2 aromatic rings. The van der Waals surface area contributed by atoms with Crippen molar-refractivity contribution < 1.29 is 4.79 Å². The molecule has 1 amide bonds. The van der Waals surface area contributed by atoms with Gasteiger partial charge < -0.3 is 5.32 Å².